The van der Waals surface area contributed by atoms with Gasteiger partial charge in [-0.1, -0.05) is 6.92 Å². The molecule has 0 heterocycles. The third-order valence-corrected chi connectivity index (χ3v) is 3.21. The zero-order valence-electron chi connectivity index (χ0n) is 13.4. The van der Waals surface area contributed by atoms with Crippen molar-refractivity contribution in [2.45, 2.75) is 34.1 Å². The Morgan fingerprint density at radius 1 is 1.19 bits per heavy atom. The van der Waals surface area contributed by atoms with Gasteiger partial charge in [0.25, 0.3) is 0 Å². The molecule has 0 amide bonds. The number of carbonyl (C=O) groups is 1. The summed E-state index contributed by atoms with van der Waals surface area (Å²) in [4.78, 5) is 14.2. The fourth-order valence-corrected chi connectivity index (χ4v) is 2.18. The van der Waals surface area contributed by atoms with Gasteiger partial charge < -0.3 is 20.1 Å². The highest BCUT2D eigenvalue weighted by molar-refractivity contribution is 6.00. The first kappa shape index (κ1) is 17.1. The number of carbonyl (C=O) groups excluding carboxylic acids is 1. The number of rotatable bonds is 8. The SMILES string of the molecule is CCCOc1ccc(C(=O)OCC)c(N(CC)CC)c1N. The molecule has 1 rings (SSSR count). The molecule has 0 aliphatic rings. The van der Waals surface area contributed by atoms with E-state index < -0.39 is 0 Å². The van der Waals surface area contributed by atoms with Crippen molar-refractivity contribution in [3.63, 3.8) is 0 Å². The molecule has 0 radical (unpaired) electrons. The molecule has 5 heteroatoms. The Bertz CT molecular complexity index is 471. The number of nitrogen functional groups attached to an aromatic ring is 1. The van der Waals surface area contributed by atoms with Crippen molar-refractivity contribution in [3.05, 3.63) is 17.7 Å². The molecule has 0 atom stereocenters. The number of benzene rings is 1. The van der Waals surface area contributed by atoms with E-state index in [2.05, 4.69) is 0 Å². The van der Waals surface area contributed by atoms with E-state index in [4.69, 9.17) is 15.2 Å². The molecule has 0 bridgehead atoms. The van der Waals surface area contributed by atoms with Crippen LogP contribution in [0.1, 0.15) is 44.5 Å². The summed E-state index contributed by atoms with van der Waals surface area (Å²) in [5, 5.41) is 0. The van der Waals surface area contributed by atoms with Crippen LogP contribution < -0.4 is 15.4 Å². The van der Waals surface area contributed by atoms with Crippen molar-refractivity contribution in [1.29, 1.82) is 0 Å². The predicted molar refractivity (Wildman–Crippen MR) is 86.2 cm³/mol. The molecule has 2 N–H and O–H groups in total. The van der Waals surface area contributed by atoms with Gasteiger partial charge in [0.05, 0.1) is 30.2 Å². The molecule has 21 heavy (non-hydrogen) atoms. The van der Waals surface area contributed by atoms with Crippen LogP contribution >= 0.6 is 0 Å². The van der Waals surface area contributed by atoms with Crippen LogP contribution in [0.2, 0.25) is 0 Å². The van der Waals surface area contributed by atoms with Gasteiger partial charge >= 0.3 is 5.97 Å². The molecule has 0 unspecified atom stereocenters. The number of nitrogens with two attached hydrogens (primary N) is 1. The maximum Gasteiger partial charge on any atom is 0.340 e. The van der Waals surface area contributed by atoms with Crippen LogP contribution in [0, 0.1) is 0 Å². The molecule has 0 saturated heterocycles. The van der Waals surface area contributed by atoms with Crippen LogP contribution in [0.25, 0.3) is 0 Å². The lowest BCUT2D eigenvalue weighted by molar-refractivity contribution is 0.0527. The van der Waals surface area contributed by atoms with Gasteiger partial charge in [0.15, 0.2) is 0 Å². The monoisotopic (exact) mass is 294 g/mol. The second kappa shape index (κ2) is 8.39. The van der Waals surface area contributed by atoms with Crippen LogP contribution in [0.3, 0.4) is 0 Å². The number of anilines is 2. The van der Waals surface area contributed by atoms with Crippen molar-refractivity contribution in [2.75, 3.05) is 36.9 Å². The second-order valence-corrected chi connectivity index (χ2v) is 4.61. The summed E-state index contributed by atoms with van der Waals surface area (Å²) < 4.78 is 10.8. The van der Waals surface area contributed by atoms with Gasteiger partial charge in [-0.05, 0) is 39.3 Å². The topological polar surface area (TPSA) is 64.8 Å². The van der Waals surface area contributed by atoms with E-state index in [0.29, 0.717) is 35.9 Å². The molecule has 0 spiro atoms. The smallest absolute Gasteiger partial charge is 0.340 e. The third-order valence-electron chi connectivity index (χ3n) is 3.21. The molecular formula is C16H26N2O3. The first-order chi connectivity index (χ1) is 10.1. The molecule has 0 fully saturated rings. The fourth-order valence-electron chi connectivity index (χ4n) is 2.18. The Morgan fingerprint density at radius 2 is 1.86 bits per heavy atom. The number of ether oxygens (including phenoxy) is 2. The molecular weight excluding hydrogens is 268 g/mol. The highest BCUT2D eigenvalue weighted by Gasteiger charge is 2.21. The second-order valence-electron chi connectivity index (χ2n) is 4.61. The van der Waals surface area contributed by atoms with Crippen molar-refractivity contribution >= 4 is 17.3 Å². The lowest BCUT2D eigenvalue weighted by Crippen LogP contribution is -2.26. The van der Waals surface area contributed by atoms with Crippen molar-refractivity contribution < 1.29 is 14.3 Å². The Labute approximate surface area is 127 Å². The van der Waals surface area contributed by atoms with Gasteiger partial charge in [0.2, 0.25) is 0 Å². The molecule has 118 valence electrons. The molecule has 0 saturated carbocycles. The van der Waals surface area contributed by atoms with Crippen LogP contribution in [-0.4, -0.2) is 32.3 Å². The van der Waals surface area contributed by atoms with Crippen LogP contribution in [0.4, 0.5) is 11.4 Å². The number of hydrogen-bond donors (Lipinski definition) is 1. The molecule has 1 aromatic rings. The summed E-state index contributed by atoms with van der Waals surface area (Å²) in [6, 6.07) is 3.47. The average Bonchev–Trinajstić information content (AvgIpc) is 2.48. The summed E-state index contributed by atoms with van der Waals surface area (Å²) in [7, 11) is 0. The third kappa shape index (κ3) is 4.03. The molecule has 0 aliphatic carbocycles. The van der Waals surface area contributed by atoms with Gasteiger partial charge in [-0.3, -0.25) is 0 Å². The largest absolute Gasteiger partial charge is 0.491 e. The molecule has 5 nitrogen and oxygen atoms in total. The normalized spacial score (nSPS) is 10.3. The van der Waals surface area contributed by atoms with Crippen molar-refractivity contribution in [3.8, 4) is 5.75 Å². The van der Waals surface area contributed by atoms with Crippen molar-refractivity contribution in [2.24, 2.45) is 0 Å². The lowest BCUT2D eigenvalue weighted by Gasteiger charge is -2.26. The van der Waals surface area contributed by atoms with Gasteiger partial charge in [-0.15, -0.1) is 0 Å². The summed E-state index contributed by atoms with van der Waals surface area (Å²) in [5.74, 6) is 0.264. The molecule has 0 aromatic heterocycles. The van der Waals surface area contributed by atoms with E-state index >= 15 is 0 Å². The number of hydrogen-bond acceptors (Lipinski definition) is 5. The Morgan fingerprint density at radius 3 is 2.38 bits per heavy atom. The Hall–Kier alpha value is -1.91. The lowest BCUT2D eigenvalue weighted by atomic mass is 10.1. The minimum Gasteiger partial charge on any atom is -0.491 e. The van der Waals surface area contributed by atoms with Crippen molar-refractivity contribution in [1.82, 2.24) is 0 Å². The van der Waals surface area contributed by atoms with Gasteiger partial charge in [0, 0.05) is 13.1 Å². The fraction of sp³-hybridized carbons (Fsp3) is 0.562. The number of nitrogens with zero attached hydrogens (tertiary/aromatic N) is 1. The zero-order valence-corrected chi connectivity index (χ0v) is 13.4. The summed E-state index contributed by atoms with van der Waals surface area (Å²) >= 11 is 0. The maximum absolute atomic E-state index is 12.1. The maximum atomic E-state index is 12.1. The highest BCUT2D eigenvalue weighted by Crippen LogP contribution is 2.36. The predicted octanol–water partition coefficient (Wildman–Crippen LogP) is 3.08. The van der Waals surface area contributed by atoms with E-state index in [1.807, 2.05) is 25.7 Å². The van der Waals surface area contributed by atoms with Gasteiger partial charge in [-0.2, -0.15) is 0 Å². The van der Waals surface area contributed by atoms with E-state index in [-0.39, 0.29) is 5.97 Å². The van der Waals surface area contributed by atoms with Crippen LogP contribution in [0.15, 0.2) is 12.1 Å². The summed E-state index contributed by atoms with van der Waals surface area (Å²) in [5.41, 5.74) is 7.92. The average molecular weight is 294 g/mol. The van der Waals surface area contributed by atoms with E-state index in [1.54, 1.807) is 19.1 Å². The minimum atomic E-state index is -0.354. The number of esters is 1. The van der Waals surface area contributed by atoms with Crippen LogP contribution in [0.5, 0.6) is 5.75 Å². The minimum absolute atomic E-state index is 0.338. The summed E-state index contributed by atoms with van der Waals surface area (Å²) in [6.45, 7) is 10.3. The zero-order chi connectivity index (χ0) is 15.8. The van der Waals surface area contributed by atoms with Crippen LogP contribution in [-0.2, 0) is 4.74 Å². The molecule has 0 aliphatic heterocycles. The Kier molecular flexibility index (Phi) is 6.85. The first-order valence-electron chi connectivity index (χ1n) is 7.57. The van der Waals surface area contributed by atoms with Gasteiger partial charge in [0.1, 0.15) is 5.75 Å². The quantitative estimate of drug-likeness (QED) is 0.589. The summed E-state index contributed by atoms with van der Waals surface area (Å²) in [6.07, 6.45) is 0.902. The first-order valence-corrected chi connectivity index (χ1v) is 7.57. The van der Waals surface area contributed by atoms with E-state index in [1.165, 1.54) is 0 Å². The molecule has 1 aromatic carbocycles. The highest BCUT2D eigenvalue weighted by atomic mass is 16.5. The van der Waals surface area contributed by atoms with E-state index in [0.717, 1.165) is 19.5 Å². The standard InChI is InChI=1S/C16H26N2O3/c1-5-11-21-13-10-9-12(16(19)20-8-4)15(14(13)17)18(6-2)7-3/h9-10H,5-8,11,17H2,1-4H3. The van der Waals surface area contributed by atoms with Gasteiger partial charge in [-0.25, -0.2) is 4.79 Å². The van der Waals surface area contributed by atoms with E-state index in [9.17, 15) is 4.79 Å². The Balaban J connectivity index is 3.30.